The van der Waals surface area contributed by atoms with Crippen molar-refractivity contribution in [3.63, 3.8) is 0 Å². The maximum atomic E-state index is 9.45. The third kappa shape index (κ3) is 1.92. The van der Waals surface area contributed by atoms with E-state index in [9.17, 15) is 5.11 Å². The van der Waals surface area contributed by atoms with Gasteiger partial charge in [-0.2, -0.15) is 0 Å². The molecule has 0 fully saturated rings. The van der Waals surface area contributed by atoms with Gasteiger partial charge in [0.05, 0.1) is 12.5 Å². The van der Waals surface area contributed by atoms with Crippen LogP contribution in [0.4, 0.5) is 0 Å². The lowest BCUT2D eigenvalue weighted by molar-refractivity contribution is 0.119. The number of aliphatic hydroxyl groups excluding tert-OH is 1. The predicted octanol–water partition coefficient (Wildman–Crippen LogP) is 3.48. The summed E-state index contributed by atoms with van der Waals surface area (Å²) in [6.07, 6.45) is 0. The number of para-hydroxylation sites is 1. The van der Waals surface area contributed by atoms with E-state index < -0.39 is 0 Å². The van der Waals surface area contributed by atoms with Crippen LogP contribution in [0.2, 0.25) is 0 Å². The van der Waals surface area contributed by atoms with Gasteiger partial charge >= 0.3 is 0 Å². The van der Waals surface area contributed by atoms with Crippen molar-refractivity contribution in [1.82, 2.24) is 0 Å². The predicted molar refractivity (Wildman–Crippen MR) is 75.4 cm³/mol. The van der Waals surface area contributed by atoms with E-state index in [-0.39, 0.29) is 18.1 Å². The molecule has 3 rings (SSSR count). The highest BCUT2D eigenvalue weighted by Crippen LogP contribution is 2.49. The van der Waals surface area contributed by atoms with Crippen LogP contribution in [-0.2, 0) is 6.61 Å². The molecule has 0 saturated heterocycles. The summed E-state index contributed by atoms with van der Waals surface area (Å²) in [5.41, 5.74) is 2.99. The van der Waals surface area contributed by atoms with Crippen LogP contribution in [0.25, 0.3) is 0 Å². The fraction of sp³-hybridized carbons (Fsp3) is 0.294. The lowest BCUT2D eigenvalue weighted by Gasteiger charge is -2.26. The topological polar surface area (TPSA) is 29.5 Å². The van der Waals surface area contributed by atoms with Gasteiger partial charge in [0, 0.05) is 11.1 Å². The molecule has 0 aliphatic carbocycles. The normalized spacial score (nSPS) is 19.8. The molecule has 2 heteroatoms. The number of hydrogen-bond donors (Lipinski definition) is 1. The number of aliphatic hydroxyl groups is 1. The fourth-order valence-corrected chi connectivity index (χ4v) is 3.00. The van der Waals surface area contributed by atoms with Crippen LogP contribution >= 0.6 is 0 Å². The summed E-state index contributed by atoms with van der Waals surface area (Å²) in [6, 6.07) is 16.4. The first kappa shape index (κ1) is 12.2. The number of hydrogen-bond acceptors (Lipinski definition) is 2. The van der Waals surface area contributed by atoms with E-state index in [0.717, 1.165) is 11.3 Å². The number of ether oxygens (including phenoxy) is 1. The summed E-state index contributed by atoms with van der Waals surface area (Å²) >= 11 is 0. The zero-order valence-corrected chi connectivity index (χ0v) is 11.3. The minimum Gasteiger partial charge on any atom is -0.486 e. The van der Waals surface area contributed by atoms with Gasteiger partial charge in [0.15, 0.2) is 0 Å². The Kier molecular flexibility index (Phi) is 2.83. The summed E-state index contributed by atoms with van der Waals surface area (Å²) < 4.78 is 6.12. The monoisotopic (exact) mass is 254 g/mol. The second kappa shape index (κ2) is 4.39. The van der Waals surface area contributed by atoms with Gasteiger partial charge in [-0.15, -0.1) is 0 Å². The first-order chi connectivity index (χ1) is 9.13. The summed E-state index contributed by atoms with van der Waals surface area (Å²) in [6.45, 7) is 4.22. The minimum absolute atomic E-state index is 0.0146. The maximum absolute atomic E-state index is 9.45. The van der Waals surface area contributed by atoms with Crippen molar-refractivity contribution in [3.05, 3.63) is 65.2 Å². The van der Waals surface area contributed by atoms with Gasteiger partial charge in [0.2, 0.25) is 0 Å². The molecule has 0 spiro atoms. The van der Waals surface area contributed by atoms with Gasteiger partial charge in [0.1, 0.15) is 11.4 Å². The zero-order chi connectivity index (χ0) is 13.5. The van der Waals surface area contributed by atoms with Gasteiger partial charge in [-0.1, -0.05) is 48.5 Å². The van der Waals surface area contributed by atoms with Crippen molar-refractivity contribution >= 4 is 0 Å². The van der Waals surface area contributed by atoms with Crippen LogP contribution in [-0.4, -0.2) is 10.7 Å². The number of fused-ring (bicyclic) bond motifs is 1. The largest absolute Gasteiger partial charge is 0.486 e. The van der Waals surface area contributed by atoms with E-state index in [1.165, 1.54) is 11.1 Å². The molecule has 1 atom stereocenters. The Hall–Kier alpha value is -1.80. The number of rotatable bonds is 2. The van der Waals surface area contributed by atoms with E-state index >= 15 is 0 Å². The summed E-state index contributed by atoms with van der Waals surface area (Å²) in [4.78, 5) is 0. The Morgan fingerprint density at radius 2 is 1.79 bits per heavy atom. The van der Waals surface area contributed by atoms with Crippen molar-refractivity contribution in [2.45, 2.75) is 32.0 Å². The lowest BCUT2D eigenvalue weighted by Crippen LogP contribution is -2.30. The molecule has 19 heavy (non-hydrogen) atoms. The SMILES string of the molecule is CC1(C)Oc2c(CO)cccc2C1c1ccccc1. The molecule has 1 unspecified atom stereocenters. The van der Waals surface area contributed by atoms with Gasteiger partial charge in [-0.3, -0.25) is 0 Å². The van der Waals surface area contributed by atoms with E-state index in [4.69, 9.17) is 4.74 Å². The van der Waals surface area contributed by atoms with Gasteiger partial charge in [-0.05, 0) is 19.4 Å². The smallest absolute Gasteiger partial charge is 0.129 e. The summed E-state index contributed by atoms with van der Waals surface area (Å²) in [5, 5.41) is 9.45. The van der Waals surface area contributed by atoms with E-state index in [2.05, 4.69) is 44.2 Å². The van der Waals surface area contributed by atoms with Crippen LogP contribution in [0.3, 0.4) is 0 Å². The number of benzene rings is 2. The minimum atomic E-state index is -0.297. The molecule has 0 saturated carbocycles. The molecule has 0 bridgehead atoms. The molecule has 1 N–H and O–H groups in total. The van der Waals surface area contributed by atoms with Crippen LogP contribution in [0.5, 0.6) is 5.75 Å². The molecular formula is C17H18O2. The molecule has 0 amide bonds. The second-order valence-corrected chi connectivity index (χ2v) is 5.54. The molecule has 2 aromatic rings. The van der Waals surface area contributed by atoms with Crippen molar-refractivity contribution < 1.29 is 9.84 Å². The molecule has 98 valence electrons. The Labute approximate surface area is 113 Å². The summed E-state index contributed by atoms with van der Waals surface area (Å²) in [7, 11) is 0. The van der Waals surface area contributed by atoms with E-state index in [1.54, 1.807) is 0 Å². The Bertz CT molecular complexity index is 587. The quantitative estimate of drug-likeness (QED) is 0.889. The van der Waals surface area contributed by atoms with Gasteiger partial charge < -0.3 is 9.84 Å². The average molecular weight is 254 g/mol. The third-order valence-electron chi connectivity index (χ3n) is 3.80. The lowest BCUT2D eigenvalue weighted by atomic mass is 9.81. The van der Waals surface area contributed by atoms with E-state index in [1.807, 2.05) is 18.2 Å². The summed E-state index contributed by atoms with van der Waals surface area (Å²) in [5.74, 6) is 1.05. The Morgan fingerprint density at radius 1 is 1.05 bits per heavy atom. The van der Waals surface area contributed by atoms with Crippen LogP contribution in [0, 0.1) is 0 Å². The van der Waals surface area contributed by atoms with Gasteiger partial charge in [0.25, 0.3) is 0 Å². The molecular weight excluding hydrogens is 236 g/mol. The molecule has 1 aliphatic rings. The second-order valence-electron chi connectivity index (χ2n) is 5.54. The highest BCUT2D eigenvalue weighted by atomic mass is 16.5. The van der Waals surface area contributed by atoms with Crippen molar-refractivity contribution in [1.29, 1.82) is 0 Å². The average Bonchev–Trinajstić information content (AvgIpc) is 2.69. The maximum Gasteiger partial charge on any atom is 0.129 e. The molecule has 1 aliphatic heterocycles. The Morgan fingerprint density at radius 3 is 2.47 bits per heavy atom. The van der Waals surface area contributed by atoms with Crippen LogP contribution in [0.15, 0.2) is 48.5 Å². The highest BCUT2D eigenvalue weighted by Gasteiger charge is 2.42. The molecule has 2 aromatic carbocycles. The molecule has 1 heterocycles. The van der Waals surface area contributed by atoms with Crippen LogP contribution in [0.1, 0.15) is 36.5 Å². The fourth-order valence-electron chi connectivity index (χ4n) is 3.00. The van der Waals surface area contributed by atoms with E-state index in [0.29, 0.717) is 0 Å². The highest BCUT2D eigenvalue weighted by molar-refractivity contribution is 5.52. The van der Waals surface area contributed by atoms with Gasteiger partial charge in [-0.25, -0.2) is 0 Å². The first-order valence-corrected chi connectivity index (χ1v) is 6.60. The van der Waals surface area contributed by atoms with Crippen molar-refractivity contribution in [2.75, 3.05) is 0 Å². The Balaban J connectivity index is 2.16. The van der Waals surface area contributed by atoms with Crippen molar-refractivity contribution in [2.24, 2.45) is 0 Å². The van der Waals surface area contributed by atoms with Crippen LogP contribution < -0.4 is 4.74 Å². The first-order valence-electron chi connectivity index (χ1n) is 6.60. The zero-order valence-electron chi connectivity index (χ0n) is 11.3. The standard InChI is InChI=1S/C17H18O2/c1-17(2)15(12-7-4-3-5-8-12)14-10-6-9-13(11-18)16(14)19-17/h3-10,15,18H,11H2,1-2H3. The van der Waals surface area contributed by atoms with Crippen molar-refractivity contribution in [3.8, 4) is 5.75 Å². The molecule has 0 aromatic heterocycles. The molecule has 2 nitrogen and oxygen atoms in total. The molecule has 0 radical (unpaired) electrons. The third-order valence-corrected chi connectivity index (χ3v) is 3.80.